The molecule has 2 heterocycles. The lowest BCUT2D eigenvalue weighted by Gasteiger charge is -2.22. The van der Waals surface area contributed by atoms with E-state index in [9.17, 15) is 29.1 Å². The van der Waals surface area contributed by atoms with Crippen molar-refractivity contribution in [1.29, 1.82) is 0 Å². The summed E-state index contributed by atoms with van der Waals surface area (Å²) >= 11 is 0. The van der Waals surface area contributed by atoms with Crippen LogP contribution in [0.2, 0.25) is 0 Å². The molecule has 0 fully saturated rings. The number of carboxylic acids is 1. The lowest BCUT2D eigenvalue weighted by molar-refractivity contribution is -0.141. The number of nitrogens with zero attached hydrogens (tertiary/aromatic N) is 2. The molecule has 0 aliphatic carbocycles. The first-order valence-corrected chi connectivity index (χ1v) is 9.56. The summed E-state index contributed by atoms with van der Waals surface area (Å²) in [6.07, 6.45) is 0.708. The van der Waals surface area contributed by atoms with E-state index >= 15 is 0 Å². The van der Waals surface area contributed by atoms with Crippen LogP contribution in [0.3, 0.4) is 0 Å². The van der Waals surface area contributed by atoms with Gasteiger partial charge in [-0.2, -0.15) is 0 Å². The molecule has 8 heteroatoms. The maximum atomic E-state index is 12.6. The second-order valence-electron chi connectivity index (χ2n) is 7.18. The molecule has 0 saturated carbocycles. The van der Waals surface area contributed by atoms with Crippen molar-refractivity contribution in [3.05, 3.63) is 70.8 Å². The Labute approximate surface area is 171 Å². The molecule has 4 rings (SSSR count). The monoisotopic (exact) mass is 406 g/mol. The zero-order valence-corrected chi connectivity index (χ0v) is 15.9. The van der Waals surface area contributed by atoms with Crippen LogP contribution in [0.4, 0.5) is 0 Å². The van der Waals surface area contributed by atoms with E-state index in [2.05, 4.69) is 0 Å². The van der Waals surface area contributed by atoms with Gasteiger partial charge in [-0.3, -0.25) is 29.0 Å². The number of imide groups is 2. The quantitative estimate of drug-likeness (QED) is 0.557. The smallest absolute Gasteiger partial charge is 0.326 e. The zero-order valence-electron chi connectivity index (χ0n) is 15.9. The van der Waals surface area contributed by atoms with Crippen LogP contribution < -0.4 is 0 Å². The number of fused-ring (bicyclic) bond motifs is 2. The third kappa shape index (κ3) is 3.06. The van der Waals surface area contributed by atoms with E-state index in [0.29, 0.717) is 24.0 Å². The number of hydrogen-bond donors (Lipinski definition) is 1. The SMILES string of the molecule is O=C(O)[C@H](CCCCN1C(=O)c2ccccc2C1=O)N1C(=O)c2ccccc2C1=O. The van der Waals surface area contributed by atoms with Gasteiger partial charge in [-0.1, -0.05) is 24.3 Å². The Morgan fingerprint density at radius 1 is 0.733 bits per heavy atom. The molecule has 2 aromatic rings. The molecule has 0 radical (unpaired) electrons. The Hall–Kier alpha value is -3.81. The number of carboxylic acid groups (broad SMARTS) is 1. The topological polar surface area (TPSA) is 112 Å². The van der Waals surface area contributed by atoms with Gasteiger partial charge in [0.25, 0.3) is 23.6 Å². The Balaban J connectivity index is 1.39. The fourth-order valence-corrected chi connectivity index (χ4v) is 3.90. The molecule has 1 atom stereocenters. The summed E-state index contributed by atoms with van der Waals surface area (Å²) in [5, 5.41) is 9.60. The van der Waals surface area contributed by atoms with Crippen molar-refractivity contribution in [1.82, 2.24) is 9.80 Å². The molecule has 8 nitrogen and oxygen atoms in total. The molecule has 0 bridgehead atoms. The maximum Gasteiger partial charge on any atom is 0.326 e. The third-order valence-corrected chi connectivity index (χ3v) is 5.41. The van der Waals surface area contributed by atoms with E-state index in [4.69, 9.17) is 0 Å². The summed E-state index contributed by atoms with van der Waals surface area (Å²) in [5.74, 6) is -3.26. The van der Waals surface area contributed by atoms with Gasteiger partial charge in [0.2, 0.25) is 0 Å². The van der Waals surface area contributed by atoms with E-state index < -0.39 is 23.8 Å². The number of unbranched alkanes of at least 4 members (excludes halogenated alkanes) is 1. The maximum absolute atomic E-state index is 12.6. The van der Waals surface area contributed by atoms with Crippen molar-refractivity contribution in [2.75, 3.05) is 6.54 Å². The summed E-state index contributed by atoms with van der Waals surface area (Å²) in [6, 6.07) is 11.5. The van der Waals surface area contributed by atoms with Crippen molar-refractivity contribution >= 4 is 29.6 Å². The molecule has 0 aromatic heterocycles. The summed E-state index contributed by atoms with van der Waals surface area (Å²) in [6.45, 7) is 0.140. The minimum Gasteiger partial charge on any atom is -0.480 e. The van der Waals surface area contributed by atoms with Gasteiger partial charge in [-0.25, -0.2) is 4.79 Å². The Bertz CT molecular complexity index is 1020. The van der Waals surface area contributed by atoms with Crippen LogP contribution in [0.15, 0.2) is 48.5 Å². The van der Waals surface area contributed by atoms with Crippen LogP contribution in [0.5, 0.6) is 0 Å². The largest absolute Gasteiger partial charge is 0.480 e. The third-order valence-electron chi connectivity index (χ3n) is 5.41. The standard InChI is InChI=1S/C22H18N2O6/c25-18-13-7-1-2-8-14(13)19(26)23(18)12-6-5-11-17(22(29)30)24-20(27)15-9-3-4-10-16(15)21(24)28/h1-4,7-10,17H,5-6,11-12H2,(H,29,30)/t17-/m0/s1. The molecule has 0 saturated heterocycles. The second-order valence-corrected chi connectivity index (χ2v) is 7.18. The van der Waals surface area contributed by atoms with Gasteiger partial charge in [0.1, 0.15) is 6.04 Å². The molecule has 0 spiro atoms. The first-order chi connectivity index (χ1) is 14.4. The van der Waals surface area contributed by atoms with Crippen LogP contribution in [-0.2, 0) is 4.79 Å². The van der Waals surface area contributed by atoms with Crippen LogP contribution in [0.1, 0.15) is 60.7 Å². The molecule has 4 amide bonds. The Kier molecular flexibility index (Phi) is 4.91. The number of amides is 4. The highest BCUT2D eigenvalue weighted by molar-refractivity contribution is 6.23. The van der Waals surface area contributed by atoms with Crippen molar-refractivity contribution in [3.8, 4) is 0 Å². The van der Waals surface area contributed by atoms with Gasteiger partial charge in [0.15, 0.2) is 0 Å². The van der Waals surface area contributed by atoms with E-state index in [1.807, 2.05) is 0 Å². The summed E-state index contributed by atoms with van der Waals surface area (Å²) in [7, 11) is 0. The van der Waals surface area contributed by atoms with Gasteiger partial charge in [0, 0.05) is 6.54 Å². The van der Waals surface area contributed by atoms with Gasteiger partial charge in [-0.05, 0) is 43.5 Å². The van der Waals surface area contributed by atoms with E-state index in [-0.39, 0.29) is 35.9 Å². The van der Waals surface area contributed by atoms with Crippen LogP contribution >= 0.6 is 0 Å². The number of aliphatic carboxylic acids is 1. The lowest BCUT2D eigenvalue weighted by Crippen LogP contribution is -2.44. The minimum atomic E-state index is -1.31. The second kappa shape index (κ2) is 7.55. The summed E-state index contributed by atoms with van der Waals surface area (Å²) in [4.78, 5) is 63.6. The van der Waals surface area contributed by atoms with Crippen LogP contribution in [0, 0.1) is 0 Å². The highest BCUT2D eigenvalue weighted by atomic mass is 16.4. The zero-order chi connectivity index (χ0) is 21.4. The van der Waals surface area contributed by atoms with Crippen molar-refractivity contribution in [2.24, 2.45) is 0 Å². The average Bonchev–Trinajstić information content (AvgIpc) is 3.14. The van der Waals surface area contributed by atoms with Crippen molar-refractivity contribution in [3.63, 3.8) is 0 Å². The Morgan fingerprint density at radius 3 is 1.60 bits per heavy atom. The predicted molar refractivity (Wildman–Crippen MR) is 104 cm³/mol. The number of carbonyl (C=O) groups excluding carboxylic acids is 4. The van der Waals surface area contributed by atoms with E-state index in [0.717, 1.165) is 9.80 Å². The molecule has 1 N–H and O–H groups in total. The van der Waals surface area contributed by atoms with Gasteiger partial charge in [-0.15, -0.1) is 0 Å². The first kappa shape index (κ1) is 19.5. The van der Waals surface area contributed by atoms with Crippen molar-refractivity contribution in [2.45, 2.75) is 25.3 Å². The van der Waals surface area contributed by atoms with Crippen LogP contribution in [0.25, 0.3) is 0 Å². The van der Waals surface area contributed by atoms with Gasteiger partial charge in [0.05, 0.1) is 22.3 Å². The normalized spacial score (nSPS) is 16.1. The number of carbonyl (C=O) groups is 5. The van der Waals surface area contributed by atoms with Gasteiger partial charge >= 0.3 is 5.97 Å². The highest BCUT2D eigenvalue weighted by Gasteiger charge is 2.42. The molecule has 30 heavy (non-hydrogen) atoms. The molecular formula is C22H18N2O6. The minimum absolute atomic E-state index is 0.0317. The fourth-order valence-electron chi connectivity index (χ4n) is 3.90. The van der Waals surface area contributed by atoms with E-state index in [1.165, 1.54) is 12.1 Å². The number of rotatable bonds is 7. The van der Waals surface area contributed by atoms with E-state index in [1.54, 1.807) is 36.4 Å². The number of benzene rings is 2. The molecular weight excluding hydrogens is 388 g/mol. The molecule has 2 aliphatic rings. The van der Waals surface area contributed by atoms with Crippen LogP contribution in [-0.4, -0.2) is 57.1 Å². The first-order valence-electron chi connectivity index (χ1n) is 9.56. The fraction of sp³-hybridized carbons (Fsp3) is 0.227. The summed E-state index contributed by atoms with van der Waals surface area (Å²) < 4.78 is 0. The molecule has 2 aliphatic heterocycles. The molecule has 2 aromatic carbocycles. The number of hydrogen-bond acceptors (Lipinski definition) is 5. The average molecular weight is 406 g/mol. The van der Waals surface area contributed by atoms with Gasteiger partial charge < -0.3 is 5.11 Å². The predicted octanol–water partition coefficient (Wildman–Crippen LogP) is 2.20. The van der Waals surface area contributed by atoms with Crippen molar-refractivity contribution < 1.29 is 29.1 Å². The molecule has 0 unspecified atom stereocenters. The Morgan fingerprint density at radius 2 is 1.17 bits per heavy atom. The lowest BCUT2D eigenvalue weighted by atomic mass is 10.1. The molecule has 152 valence electrons. The summed E-state index contributed by atoms with van der Waals surface area (Å²) in [5.41, 5.74) is 1.11. The highest BCUT2D eigenvalue weighted by Crippen LogP contribution is 2.27.